The summed E-state index contributed by atoms with van der Waals surface area (Å²) in [5.41, 5.74) is 4.47. The Morgan fingerprint density at radius 3 is 2.18 bits per heavy atom. The third kappa shape index (κ3) is 5.16. The zero-order chi connectivity index (χ0) is 23.8. The Hall–Kier alpha value is -2.61. The van der Waals surface area contributed by atoms with Gasteiger partial charge < -0.3 is 4.90 Å². The van der Waals surface area contributed by atoms with Crippen LogP contribution in [0.2, 0.25) is 0 Å². The number of rotatable bonds is 2. The maximum absolute atomic E-state index is 13.7. The molecule has 4 nitrogen and oxygen atoms in total. The Balaban J connectivity index is 0.000000200. The summed E-state index contributed by atoms with van der Waals surface area (Å²) >= 11 is 0. The predicted molar refractivity (Wildman–Crippen MR) is 124 cm³/mol. The monoisotopic (exact) mass is 471 g/mol. The molecule has 33 heavy (non-hydrogen) atoms. The van der Waals surface area contributed by atoms with E-state index in [-0.39, 0.29) is 22.4 Å². The third-order valence-corrected chi connectivity index (χ3v) is 7.50. The van der Waals surface area contributed by atoms with Gasteiger partial charge in [-0.05, 0) is 85.9 Å². The van der Waals surface area contributed by atoms with E-state index in [1.807, 2.05) is 25.1 Å². The number of hydrogen-bond donors (Lipinski definition) is 1. The summed E-state index contributed by atoms with van der Waals surface area (Å²) in [6.45, 7) is 3.88. The number of likely N-dealkylation sites (tertiary alicyclic amines) is 1. The summed E-state index contributed by atoms with van der Waals surface area (Å²) in [5.74, 6) is 0.749. The van der Waals surface area contributed by atoms with E-state index in [0.29, 0.717) is 11.8 Å². The smallest absolute Gasteiger partial charge is 0.294 e. The molecule has 1 aliphatic heterocycles. The molecule has 0 spiro atoms. The highest BCUT2D eigenvalue weighted by molar-refractivity contribution is 7.85. The van der Waals surface area contributed by atoms with E-state index in [1.165, 1.54) is 29.8 Å². The van der Waals surface area contributed by atoms with Crippen LogP contribution in [0.4, 0.5) is 8.78 Å². The second kappa shape index (κ2) is 9.33. The van der Waals surface area contributed by atoms with E-state index >= 15 is 0 Å². The van der Waals surface area contributed by atoms with Crippen molar-refractivity contribution in [3.05, 3.63) is 101 Å². The Kier molecular flexibility index (Phi) is 6.66. The molecular formula is C26H27F2NO3S. The minimum Gasteiger partial charge on any atom is -0.306 e. The molecule has 3 atom stereocenters. The van der Waals surface area contributed by atoms with Crippen molar-refractivity contribution in [2.24, 2.45) is 5.92 Å². The Morgan fingerprint density at radius 2 is 1.55 bits per heavy atom. The van der Waals surface area contributed by atoms with Gasteiger partial charge in [-0.15, -0.1) is 0 Å². The molecule has 1 heterocycles. The molecule has 0 amide bonds. The topological polar surface area (TPSA) is 57.6 Å². The van der Waals surface area contributed by atoms with Crippen LogP contribution < -0.4 is 0 Å². The number of aryl methyl sites for hydroxylation is 1. The van der Waals surface area contributed by atoms with Gasteiger partial charge in [-0.2, -0.15) is 8.42 Å². The van der Waals surface area contributed by atoms with Gasteiger partial charge in [0.15, 0.2) is 0 Å². The van der Waals surface area contributed by atoms with Gasteiger partial charge in [-0.25, -0.2) is 8.78 Å². The second-order valence-corrected chi connectivity index (χ2v) is 10.3. The molecule has 2 aliphatic rings. The predicted octanol–water partition coefficient (Wildman–Crippen LogP) is 5.39. The zero-order valence-corrected chi connectivity index (χ0v) is 19.4. The lowest BCUT2D eigenvalue weighted by Gasteiger charge is -2.35. The van der Waals surface area contributed by atoms with Crippen LogP contribution in [0.3, 0.4) is 0 Å². The molecule has 1 saturated heterocycles. The highest BCUT2D eigenvalue weighted by atomic mass is 32.2. The SMILES string of the molecule is CN1CC[C@@H]2[C@@H](c3ccc(F)cc3)c3ccc(F)cc3[C@H]2C1.Cc1ccc(S(=O)(=O)O)cc1. The van der Waals surface area contributed by atoms with Gasteiger partial charge in [0.1, 0.15) is 11.6 Å². The second-order valence-electron chi connectivity index (χ2n) is 8.91. The molecular weight excluding hydrogens is 444 g/mol. The van der Waals surface area contributed by atoms with Gasteiger partial charge in [0.2, 0.25) is 0 Å². The van der Waals surface area contributed by atoms with Crippen molar-refractivity contribution in [2.45, 2.75) is 30.1 Å². The molecule has 1 aliphatic carbocycles. The first kappa shape index (κ1) is 23.5. The third-order valence-electron chi connectivity index (χ3n) is 6.63. The van der Waals surface area contributed by atoms with Gasteiger partial charge in [0, 0.05) is 18.4 Å². The van der Waals surface area contributed by atoms with E-state index < -0.39 is 10.1 Å². The normalized spacial score (nSPS) is 22.2. The standard InChI is InChI=1S/C19H19F2N.C7H8O3S/c1-22-9-8-16-18(11-22)17-10-14(21)6-7-15(17)19(16)12-2-4-13(20)5-3-12;1-6-2-4-7(5-3-6)11(8,9)10/h2-7,10,16,18-19H,8-9,11H2,1H3;2-5H,1H3,(H,8,9,10)/t16-,18-,19-;/m0./s1. The summed E-state index contributed by atoms with van der Waals surface area (Å²) in [6, 6.07) is 18.0. The number of halogens is 2. The van der Waals surface area contributed by atoms with Gasteiger partial charge >= 0.3 is 0 Å². The van der Waals surface area contributed by atoms with Crippen molar-refractivity contribution >= 4 is 10.1 Å². The van der Waals surface area contributed by atoms with E-state index in [4.69, 9.17) is 4.55 Å². The molecule has 1 fully saturated rings. The number of benzene rings is 3. The number of hydrogen-bond acceptors (Lipinski definition) is 3. The fraction of sp³-hybridized carbons (Fsp3) is 0.308. The van der Waals surface area contributed by atoms with Crippen molar-refractivity contribution in [3.63, 3.8) is 0 Å². The summed E-state index contributed by atoms with van der Waals surface area (Å²) in [5, 5.41) is 0. The summed E-state index contributed by atoms with van der Waals surface area (Å²) in [6.07, 6.45) is 1.10. The number of likely N-dealkylation sites (N-methyl/N-ethyl adjacent to an activating group) is 1. The molecule has 0 unspecified atom stereocenters. The van der Waals surface area contributed by atoms with Crippen molar-refractivity contribution in [1.82, 2.24) is 4.90 Å². The highest BCUT2D eigenvalue weighted by Gasteiger charge is 2.43. The molecule has 0 radical (unpaired) electrons. The zero-order valence-electron chi connectivity index (χ0n) is 18.6. The van der Waals surface area contributed by atoms with Crippen LogP contribution in [0.5, 0.6) is 0 Å². The lowest BCUT2D eigenvalue weighted by Crippen LogP contribution is -2.36. The molecule has 5 rings (SSSR count). The van der Waals surface area contributed by atoms with E-state index in [9.17, 15) is 17.2 Å². The van der Waals surface area contributed by atoms with Gasteiger partial charge in [-0.1, -0.05) is 35.9 Å². The molecule has 1 N–H and O–H groups in total. The fourth-order valence-corrected chi connectivity index (χ4v) is 5.53. The molecule has 0 saturated carbocycles. The minimum absolute atomic E-state index is 0.0666. The van der Waals surface area contributed by atoms with Crippen LogP contribution in [0.25, 0.3) is 0 Å². The van der Waals surface area contributed by atoms with Crippen molar-refractivity contribution in [3.8, 4) is 0 Å². The average molecular weight is 472 g/mol. The van der Waals surface area contributed by atoms with E-state index in [2.05, 4.69) is 11.9 Å². The molecule has 174 valence electrons. The largest absolute Gasteiger partial charge is 0.306 e. The Labute approximate surface area is 193 Å². The van der Waals surface area contributed by atoms with Gasteiger partial charge in [0.25, 0.3) is 10.1 Å². The van der Waals surface area contributed by atoms with Crippen LogP contribution in [0.1, 0.15) is 40.5 Å². The minimum atomic E-state index is -4.02. The maximum Gasteiger partial charge on any atom is 0.294 e. The fourth-order valence-electron chi connectivity index (χ4n) is 5.05. The number of fused-ring (bicyclic) bond motifs is 3. The molecule has 3 aromatic rings. The lowest BCUT2D eigenvalue weighted by molar-refractivity contribution is 0.191. The van der Waals surface area contributed by atoms with Crippen molar-refractivity contribution in [2.75, 3.05) is 20.1 Å². The van der Waals surface area contributed by atoms with E-state index in [1.54, 1.807) is 24.3 Å². The molecule has 0 bridgehead atoms. The summed E-state index contributed by atoms with van der Waals surface area (Å²) in [7, 11) is -1.89. The Morgan fingerprint density at radius 1 is 0.909 bits per heavy atom. The molecule has 0 aromatic heterocycles. The molecule has 7 heteroatoms. The van der Waals surface area contributed by atoms with Crippen molar-refractivity contribution < 1.29 is 21.8 Å². The van der Waals surface area contributed by atoms with Crippen LogP contribution in [-0.2, 0) is 10.1 Å². The first-order valence-corrected chi connectivity index (χ1v) is 12.3. The van der Waals surface area contributed by atoms with Crippen LogP contribution in [-0.4, -0.2) is 38.0 Å². The van der Waals surface area contributed by atoms with E-state index in [0.717, 1.165) is 36.2 Å². The average Bonchev–Trinajstić information content (AvgIpc) is 3.07. The number of piperidine rings is 1. The summed E-state index contributed by atoms with van der Waals surface area (Å²) in [4.78, 5) is 2.26. The quantitative estimate of drug-likeness (QED) is 0.510. The van der Waals surface area contributed by atoms with Gasteiger partial charge in [-0.3, -0.25) is 4.55 Å². The first-order valence-electron chi connectivity index (χ1n) is 10.9. The summed E-state index contributed by atoms with van der Waals surface area (Å²) < 4.78 is 56.5. The highest BCUT2D eigenvalue weighted by Crippen LogP contribution is 2.52. The van der Waals surface area contributed by atoms with Crippen molar-refractivity contribution in [1.29, 1.82) is 0 Å². The van der Waals surface area contributed by atoms with Crippen LogP contribution >= 0.6 is 0 Å². The van der Waals surface area contributed by atoms with Gasteiger partial charge in [0.05, 0.1) is 4.90 Å². The van der Waals surface area contributed by atoms with Crippen LogP contribution in [0.15, 0.2) is 71.6 Å². The Bertz CT molecular complexity index is 1230. The van der Waals surface area contributed by atoms with Crippen LogP contribution in [0, 0.1) is 24.5 Å². The lowest BCUT2D eigenvalue weighted by atomic mass is 9.78. The molecule has 3 aromatic carbocycles. The number of nitrogens with zero attached hydrogens (tertiary/aromatic N) is 1. The maximum atomic E-state index is 13.7. The first-order chi connectivity index (χ1) is 15.6.